The molecule has 1 N–H and O–H groups in total. The van der Waals surface area contributed by atoms with E-state index in [0.29, 0.717) is 18.2 Å². The summed E-state index contributed by atoms with van der Waals surface area (Å²) >= 11 is 0. The van der Waals surface area contributed by atoms with Gasteiger partial charge in [-0.25, -0.2) is 0 Å². The van der Waals surface area contributed by atoms with Crippen LogP contribution in [0.25, 0.3) is 0 Å². The highest BCUT2D eigenvalue weighted by molar-refractivity contribution is 5.93. The Bertz CT molecular complexity index is 807. The fourth-order valence-electron chi connectivity index (χ4n) is 4.16. The van der Waals surface area contributed by atoms with Crippen molar-refractivity contribution in [1.29, 1.82) is 0 Å². The Morgan fingerprint density at radius 1 is 1.26 bits per heavy atom. The van der Waals surface area contributed by atoms with Crippen LogP contribution in [0.5, 0.6) is 0 Å². The number of amides is 1. The van der Waals surface area contributed by atoms with Crippen LogP contribution in [0.1, 0.15) is 66.3 Å². The lowest BCUT2D eigenvalue weighted by molar-refractivity contribution is 0.0940. The lowest BCUT2D eigenvalue weighted by Gasteiger charge is -2.21. The number of aromatic nitrogens is 3. The number of rotatable bonds is 5. The van der Waals surface area contributed by atoms with Gasteiger partial charge in [0.05, 0.1) is 17.9 Å². The Balaban J connectivity index is 1.39. The molecule has 7 heteroatoms. The van der Waals surface area contributed by atoms with Gasteiger partial charge >= 0.3 is 0 Å². The van der Waals surface area contributed by atoms with Crippen LogP contribution in [-0.2, 0) is 32.5 Å². The molecule has 3 heterocycles. The second-order valence-corrected chi connectivity index (χ2v) is 8.16. The van der Waals surface area contributed by atoms with Crippen LogP contribution >= 0.6 is 0 Å². The van der Waals surface area contributed by atoms with E-state index in [1.165, 1.54) is 5.69 Å². The summed E-state index contributed by atoms with van der Waals surface area (Å²) in [5, 5.41) is 11.7. The van der Waals surface area contributed by atoms with Crippen LogP contribution in [0.3, 0.4) is 0 Å². The fraction of sp³-hybridized carbons (Fsp3) is 0.650. The molecule has 0 bridgehead atoms. The second kappa shape index (κ2) is 7.84. The van der Waals surface area contributed by atoms with Crippen molar-refractivity contribution >= 4 is 5.91 Å². The predicted octanol–water partition coefficient (Wildman–Crippen LogP) is 2.54. The summed E-state index contributed by atoms with van der Waals surface area (Å²) in [5.41, 5.74) is 3.58. The highest BCUT2D eigenvalue weighted by Crippen LogP contribution is 2.24. The minimum absolute atomic E-state index is 0.161. The highest BCUT2D eigenvalue weighted by Gasteiger charge is 2.24. The van der Waals surface area contributed by atoms with Gasteiger partial charge in [0.1, 0.15) is 5.76 Å². The van der Waals surface area contributed by atoms with Crippen molar-refractivity contribution in [2.75, 3.05) is 13.1 Å². The van der Waals surface area contributed by atoms with Crippen molar-refractivity contribution in [2.45, 2.75) is 65.6 Å². The maximum absolute atomic E-state index is 12.5. The van der Waals surface area contributed by atoms with E-state index in [2.05, 4.69) is 40.0 Å². The van der Waals surface area contributed by atoms with Gasteiger partial charge < -0.3 is 9.84 Å². The number of hydrogen-bond acceptors (Lipinski definition) is 5. The molecule has 1 aliphatic carbocycles. The Kier molecular flexibility index (Phi) is 5.29. The molecule has 146 valence electrons. The average Bonchev–Trinajstić information content (AvgIpc) is 3.19. The van der Waals surface area contributed by atoms with Crippen molar-refractivity contribution in [1.82, 2.24) is 25.2 Å². The van der Waals surface area contributed by atoms with Gasteiger partial charge in [-0.2, -0.15) is 5.10 Å². The molecule has 0 atom stereocenters. The van der Waals surface area contributed by atoms with Crippen LogP contribution in [0, 0.1) is 5.92 Å². The first kappa shape index (κ1) is 18.2. The quantitative estimate of drug-likeness (QED) is 0.874. The number of aryl methyl sites for hydroxylation is 2. The van der Waals surface area contributed by atoms with E-state index in [-0.39, 0.29) is 5.91 Å². The molecule has 7 nitrogen and oxygen atoms in total. The summed E-state index contributed by atoms with van der Waals surface area (Å²) < 4.78 is 7.44. The SMILES string of the molecule is CC(C)CN1CCCn2nc(CNC(=O)c3noc4c3CCCC4)cc2C1. The van der Waals surface area contributed by atoms with E-state index < -0.39 is 0 Å². The number of carbonyl (C=O) groups excluding carboxylic acids is 1. The van der Waals surface area contributed by atoms with Crippen molar-refractivity contribution < 1.29 is 9.32 Å². The molecule has 2 aromatic rings. The number of fused-ring (bicyclic) bond motifs is 2. The average molecular weight is 371 g/mol. The molecule has 2 aliphatic rings. The van der Waals surface area contributed by atoms with Crippen molar-refractivity contribution in [2.24, 2.45) is 5.92 Å². The zero-order chi connectivity index (χ0) is 18.8. The molecule has 1 aliphatic heterocycles. The van der Waals surface area contributed by atoms with E-state index in [1.54, 1.807) is 0 Å². The van der Waals surface area contributed by atoms with Gasteiger partial charge in [-0.15, -0.1) is 0 Å². The van der Waals surface area contributed by atoms with E-state index in [9.17, 15) is 4.79 Å². The van der Waals surface area contributed by atoms with Crippen LogP contribution < -0.4 is 5.32 Å². The molecule has 0 saturated carbocycles. The summed E-state index contributed by atoms with van der Waals surface area (Å²) in [4.78, 5) is 15.0. The van der Waals surface area contributed by atoms with Gasteiger partial charge in [-0.3, -0.25) is 14.4 Å². The second-order valence-electron chi connectivity index (χ2n) is 8.16. The Morgan fingerprint density at radius 2 is 2.11 bits per heavy atom. The lowest BCUT2D eigenvalue weighted by atomic mass is 9.96. The molecule has 0 saturated heterocycles. The predicted molar refractivity (Wildman–Crippen MR) is 101 cm³/mol. The molecule has 2 aromatic heterocycles. The van der Waals surface area contributed by atoms with Crippen LogP contribution in [0.4, 0.5) is 0 Å². The fourth-order valence-corrected chi connectivity index (χ4v) is 4.16. The number of carbonyl (C=O) groups is 1. The van der Waals surface area contributed by atoms with Gasteiger partial charge in [0.2, 0.25) is 0 Å². The molecule has 4 rings (SSSR count). The van der Waals surface area contributed by atoms with Gasteiger partial charge in [0.25, 0.3) is 5.91 Å². The largest absolute Gasteiger partial charge is 0.360 e. The van der Waals surface area contributed by atoms with E-state index in [0.717, 1.165) is 75.3 Å². The molecule has 0 radical (unpaired) electrons. The van der Waals surface area contributed by atoms with Crippen molar-refractivity contribution in [3.05, 3.63) is 34.5 Å². The molecule has 0 unspecified atom stereocenters. The summed E-state index contributed by atoms with van der Waals surface area (Å²) in [6.07, 6.45) is 5.08. The first-order valence-electron chi connectivity index (χ1n) is 10.1. The maximum Gasteiger partial charge on any atom is 0.274 e. The minimum atomic E-state index is -0.161. The monoisotopic (exact) mass is 371 g/mol. The summed E-state index contributed by atoms with van der Waals surface area (Å²) in [5.74, 6) is 1.38. The summed E-state index contributed by atoms with van der Waals surface area (Å²) in [6, 6.07) is 2.12. The molecular weight excluding hydrogens is 342 g/mol. The third kappa shape index (κ3) is 4.08. The zero-order valence-electron chi connectivity index (χ0n) is 16.3. The first-order valence-corrected chi connectivity index (χ1v) is 10.1. The Labute approximate surface area is 160 Å². The van der Waals surface area contributed by atoms with Gasteiger partial charge in [-0.1, -0.05) is 19.0 Å². The molecule has 0 spiro atoms. The highest BCUT2D eigenvalue weighted by atomic mass is 16.5. The van der Waals surface area contributed by atoms with E-state index in [4.69, 9.17) is 9.62 Å². The smallest absolute Gasteiger partial charge is 0.274 e. The van der Waals surface area contributed by atoms with Crippen LogP contribution in [-0.4, -0.2) is 38.8 Å². The van der Waals surface area contributed by atoms with Crippen LogP contribution in [0.15, 0.2) is 10.6 Å². The molecule has 1 amide bonds. The van der Waals surface area contributed by atoms with E-state index >= 15 is 0 Å². The maximum atomic E-state index is 12.5. The van der Waals surface area contributed by atoms with E-state index in [1.807, 2.05) is 0 Å². The Hall–Kier alpha value is -2.15. The third-order valence-corrected chi connectivity index (χ3v) is 5.36. The van der Waals surface area contributed by atoms with Gasteiger partial charge in [-0.05, 0) is 37.7 Å². The number of nitrogens with zero attached hydrogens (tertiary/aromatic N) is 4. The standard InChI is InChI=1S/C20H29N5O2/c1-14(2)12-24-8-5-9-25-16(13-24)10-15(22-25)11-21-20(26)19-17-6-3-4-7-18(17)27-23-19/h10,14H,3-9,11-13H2,1-2H3,(H,21,26). The molecule has 27 heavy (non-hydrogen) atoms. The summed E-state index contributed by atoms with van der Waals surface area (Å²) in [6.45, 7) is 9.02. The zero-order valence-corrected chi connectivity index (χ0v) is 16.3. The topological polar surface area (TPSA) is 76.2 Å². The molecule has 0 fully saturated rings. The normalized spacial score (nSPS) is 17.4. The van der Waals surface area contributed by atoms with Crippen molar-refractivity contribution in [3.63, 3.8) is 0 Å². The van der Waals surface area contributed by atoms with Crippen LogP contribution in [0.2, 0.25) is 0 Å². The molecule has 0 aromatic carbocycles. The van der Waals surface area contributed by atoms with Gasteiger partial charge in [0, 0.05) is 38.2 Å². The first-order chi connectivity index (χ1) is 13.1. The Morgan fingerprint density at radius 3 is 2.96 bits per heavy atom. The number of nitrogens with one attached hydrogen (secondary N) is 1. The van der Waals surface area contributed by atoms with Crippen molar-refractivity contribution in [3.8, 4) is 0 Å². The summed E-state index contributed by atoms with van der Waals surface area (Å²) in [7, 11) is 0. The number of hydrogen-bond donors (Lipinski definition) is 1. The lowest BCUT2D eigenvalue weighted by Crippen LogP contribution is -2.27. The van der Waals surface area contributed by atoms with Gasteiger partial charge in [0.15, 0.2) is 5.69 Å². The minimum Gasteiger partial charge on any atom is -0.360 e. The molecular formula is C20H29N5O2. The third-order valence-electron chi connectivity index (χ3n) is 5.36.